The van der Waals surface area contributed by atoms with Gasteiger partial charge in [-0.25, -0.2) is 0 Å². The molecule has 0 aromatic heterocycles. The minimum atomic E-state index is -0.295. The van der Waals surface area contributed by atoms with Crippen LogP contribution in [-0.2, 0) is 19.1 Å². The fourth-order valence-electron chi connectivity index (χ4n) is 7.50. The average molecular weight is 462 g/mol. The predicted octanol–water partition coefficient (Wildman–Crippen LogP) is 2.58. The van der Waals surface area contributed by atoms with Gasteiger partial charge in [-0.3, -0.25) is 9.59 Å². The van der Waals surface area contributed by atoms with Gasteiger partial charge in [-0.05, 0) is 50.9 Å². The van der Waals surface area contributed by atoms with Crippen LogP contribution < -0.4 is 5.32 Å². The molecule has 3 saturated heterocycles. The van der Waals surface area contributed by atoms with E-state index in [1.165, 1.54) is 12.8 Å². The summed E-state index contributed by atoms with van der Waals surface area (Å²) in [6.07, 6.45) is 9.37. The van der Waals surface area contributed by atoms with Gasteiger partial charge >= 0.3 is 0 Å². The number of amides is 2. The Balaban J connectivity index is 1.22. The summed E-state index contributed by atoms with van der Waals surface area (Å²) >= 11 is 0. The van der Waals surface area contributed by atoms with E-state index in [0.717, 1.165) is 64.6 Å². The highest BCUT2D eigenvalue weighted by atomic mass is 16.5. The minimum absolute atomic E-state index is 0.0844. The Hall–Kier alpha value is -1.18. The molecule has 0 unspecified atom stereocenters. The molecule has 0 spiro atoms. The van der Waals surface area contributed by atoms with Crippen molar-refractivity contribution >= 4 is 11.8 Å². The van der Waals surface area contributed by atoms with Crippen LogP contribution in [0.4, 0.5) is 0 Å². The Morgan fingerprint density at radius 2 is 1.79 bits per heavy atom. The number of hydrogen-bond donors (Lipinski definition) is 1. The smallest absolute Gasteiger partial charge is 0.229 e. The zero-order chi connectivity index (χ0) is 23.2. The van der Waals surface area contributed by atoms with Crippen molar-refractivity contribution in [3.05, 3.63) is 0 Å². The zero-order valence-corrected chi connectivity index (χ0v) is 20.8. The van der Waals surface area contributed by atoms with Crippen molar-refractivity contribution in [3.8, 4) is 0 Å². The van der Waals surface area contributed by atoms with E-state index < -0.39 is 0 Å². The molecule has 5 fully saturated rings. The second-order valence-electron chi connectivity index (χ2n) is 11.6. The highest BCUT2D eigenvalue weighted by molar-refractivity contribution is 5.85. The Kier molecular flexibility index (Phi) is 6.75. The lowest BCUT2D eigenvalue weighted by molar-refractivity contribution is -0.150. The fourth-order valence-corrected chi connectivity index (χ4v) is 7.50. The molecule has 7 nitrogen and oxygen atoms in total. The maximum absolute atomic E-state index is 14.0. The van der Waals surface area contributed by atoms with Crippen LogP contribution in [0.25, 0.3) is 0 Å². The first-order chi connectivity index (χ1) is 15.9. The van der Waals surface area contributed by atoms with E-state index in [-0.39, 0.29) is 29.5 Å². The molecule has 186 valence electrons. The highest BCUT2D eigenvalue weighted by Gasteiger charge is 2.55. The van der Waals surface area contributed by atoms with E-state index in [9.17, 15) is 9.59 Å². The topological polar surface area (TPSA) is 71.1 Å². The van der Waals surface area contributed by atoms with Crippen LogP contribution in [0.15, 0.2) is 0 Å². The molecule has 2 bridgehead atoms. The molecule has 3 aliphatic heterocycles. The minimum Gasteiger partial charge on any atom is -0.379 e. The number of methoxy groups -OCH3 is 1. The molecular weight excluding hydrogens is 418 g/mol. The maximum atomic E-state index is 14.0. The second kappa shape index (κ2) is 9.46. The predicted molar refractivity (Wildman–Crippen MR) is 126 cm³/mol. The van der Waals surface area contributed by atoms with Crippen molar-refractivity contribution in [2.24, 2.45) is 17.3 Å². The number of carbonyl (C=O) groups is 2. The standard InChI is InChI=1S/C26H43N3O4/c1-17(2)26(10-8-19(13-26)27-22-9-11-33-16-23(22)32-3)25(31)29-15-20-12-21(29)14-28(20)24(30)18-6-4-5-7-18/h17-23,27H,4-16H2,1-3H3/t19-,20+,21+,22+,23-,26+/m1/s1. The third-order valence-electron chi connectivity index (χ3n) is 9.63. The molecule has 3 heterocycles. The van der Waals surface area contributed by atoms with Gasteiger partial charge in [0.1, 0.15) is 0 Å². The molecule has 33 heavy (non-hydrogen) atoms. The Morgan fingerprint density at radius 3 is 2.45 bits per heavy atom. The highest BCUT2D eigenvalue weighted by Crippen LogP contribution is 2.48. The molecule has 5 aliphatic rings. The molecular formula is C26H43N3O4. The number of carbonyl (C=O) groups excluding carboxylic acids is 2. The van der Waals surface area contributed by atoms with Crippen molar-refractivity contribution in [2.75, 3.05) is 33.4 Å². The molecule has 0 aromatic carbocycles. The zero-order valence-electron chi connectivity index (χ0n) is 20.8. The summed E-state index contributed by atoms with van der Waals surface area (Å²) in [6.45, 7) is 7.33. The average Bonchev–Trinajstić information content (AvgIpc) is 3.62. The summed E-state index contributed by atoms with van der Waals surface area (Å²) in [4.78, 5) is 31.4. The van der Waals surface area contributed by atoms with E-state index in [4.69, 9.17) is 9.47 Å². The van der Waals surface area contributed by atoms with Crippen molar-refractivity contribution in [1.29, 1.82) is 0 Å². The molecule has 2 amide bonds. The normalized spacial score (nSPS) is 39.2. The van der Waals surface area contributed by atoms with Crippen LogP contribution in [0.5, 0.6) is 0 Å². The first kappa shape index (κ1) is 23.6. The molecule has 6 atom stereocenters. The van der Waals surface area contributed by atoms with Gasteiger partial charge in [0, 0.05) is 44.8 Å². The summed E-state index contributed by atoms with van der Waals surface area (Å²) in [5.41, 5.74) is -0.295. The monoisotopic (exact) mass is 461 g/mol. The first-order valence-electron chi connectivity index (χ1n) is 13.4. The van der Waals surface area contributed by atoms with Gasteiger partial charge in [-0.1, -0.05) is 26.7 Å². The van der Waals surface area contributed by atoms with Crippen LogP contribution in [0.1, 0.15) is 71.6 Å². The van der Waals surface area contributed by atoms with Crippen molar-refractivity contribution in [1.82, 2.24) is 15.1 Å². The van der Waals surface area contributed by atoms with Crippen LogP contribution in [-0.4, -0.2) is 85.3 Å². The molecule has 5 rings (SSSR count). The number of nitrogens with zero attached hydrogens (tertiary/aromatic N) is 2. The third kappa shape index (κ3) is 4.23. The summed E-state index contributed by atoms with van der Waals surface area (Å²) in [5.74, 6) is 1.25. The lowest BCUT2D eigenvalue weighted by atomic mass is 9.74. The van der Waals surface area contributed by atoms with Crippen LogP contribution in [0, 0.1) is 17.3 Å². The fraction of sp³-hybridized carbons (Fsp3) is 0.923. The molecule has 1 N–H and O–H groups in total. The molecule has 2 aliphatic carbocycles. The van der Waals surface area contributed by atoms with Crippen molar-refractivity contribution < 1.29 is 19.1 Å². The lowest BCUT2D eigenvalue weighted by Gasteiger charge is -2.42. The number of nitrogens with one attached hydrogen (secondary N) is 1. The Bertz CT molecular complexity index is 739. The summed E-state index contributed by atoms with van der Waals surface area (Å²) in [7, 11) is 1.76. The van der Waals surface area contributed by atoms with Crippen LogP contribution in [0.3, 0.4) is 0 Å². The molecule has 2 saturated carbocycles. The third-order valence-corrected chi connectivity index (χ3v) is 9.63. The van der Waals surface area contributed by atoms with E-state index >= 15 is 0 Å². The molecule has 7 heteroatoms. The number of hydrogen-bond acceptors (Lipinski definition) is 5. The quantitative estimate of drug-likeness (QED) is 0.658. The summed E-state index contributed by atoms with van der Waals surface area (Å²) in [6, 6.07) is 1.09. The SMILES string of the molecule is CO[C@@H]1COCC[C@@H]1N[C@@H]1CC[C@@](C(=O)N2C[C@@H]3C[C@H]2CN3C(=O)C2CCCC2)(C(C)C)C1. The van der Waals surface area contributed by atoms with Gasteiger partial charge in [-0.2, -0.15) is 0 Å². The lowest BCUT2D eigenvalue weighted by Crippen LogP contribution is -2.56. The van der Waals surface area contributed by atoms with E-state index in [2.05, 4.69) is 29.0 Å². The Morgan fingerprint density at radius 1 is 1.06 bits per heavy atom. The van der Waals surface area contributed by atoms with Gasteiger partial charge < -0.3 is 24.6 Å². The number of ether oxygens (including phenoxy) is 2. The van der Waals surface area contributed by atoms with Crippen molar-refractivity contribution in [2.45, 2.75) is 102 Å². The molecule has 0 aromatic rings. The van der Waals surface area contributed by atoms with Gasteiger partial charge in [0.15, 0.2) is 0 Å². The van der Waals surface area contributed by atoms with E-state index in [0.29, 0.717) is 36.4 Å². The number of likely N-dealkylation sites (tertiary alicyclic amines) is 2. The number of rotatable bonds is 6. The van der Waals surface area contributed by atoms with E-state index in [1.54, 1.807) is 7.11 Å². The van der Waals surface area contributed by atoms with Crippen molar-refractivity contribution in [3.63, 3.8) is 0 Å². The van der Waals surface area contributed by atoms with Gasteiger partial charge in [0.05, 0.1) is 30.2 Å². The summed E-state index contributed by atoms with van der Waals surface area (Å²) < 4.78 is 11.2. The Labute approximate surface area is 198 Å². The van der Waals surface area contributed by atoms with Gasteiger partial charge in [-0.15, -0.1) is 0 Å². The number of piperazine rings is 1. The second-order valence-corrected chi connectivity index (χ2v) is 11.6. The maximum Gasteiger partial charge on any atom is 0.229 e. The molecule has 0 radical (unpaired) electrons. The van der Waals surface area contributed by atoms with Gasteiger partial charge in [0.25, 0.3) is 0 Å². The van der Waals surface area contributed by atoms with Gasteiger partial charge in [0.2, 0.25) is 11.8 Å². The number of fused-ring (bicyclic) bond motifs is 2. The van der Waals surface area contributed by atoms with E-state index in [1.807, 2.05) is 0 Å². The largest absolute Gasteiger partial charge is 0.379 e. The first-order valence-corrected chi connectivity index (χ1v) is 13.4. The van der Waals surface area contributed by atoms with Crippen LogP contribution in [0.2, 0.25) is 0 Å². The van der Waals surface area contributed by atoms with Crippen LogP contribution >= 0.6 is 0 Å². The summed E-state index contributed by atoms with van der Waals surface area (Å²) in [5, 5.41) is 3.83.